The second-order valence-corrected chi connectivity index (χ2v) is 3.64. The number of halogens is 2. The van der Waals surface area contributed by atoms with Crippen molar-refractivity contribution in [3.63, 3.8) is 0 Å². The van der Waals surface area contributed by atoms with E-state index in [9.17, 15) is 8.78 Å². The largest absolute Gasteiger partial charge is 0.485 e. The summed E-state index contributed by atoms with van der Waals surface area (Å²) in [5.74, 6) is -2.63. The van der Waals surface area contributed by atoms with Gasteiger partial charge in [-0.3, -0.25) is 5.41 Å². The van der Waals surface area contributed by atoms with Gasteiger partial charge in [0.15, 0.2) is 17.4 Å². The highest BCUT2D eigenvalue weighted by atomic mass is 19.1. The first-order valence-corrected chi connectivity index (χ1v) is 5.60. The van der Waals surface area contributed by atoms with E-state index in [-0.39, 0.29) is 18.8 Å². The molecule has 0 unspecified atom stereocenters. The Hall–Kier alpha value is -1.69. The van der Waals surface area contributed by atoms with Crippen LogP contribution in [0.2, 0.25) is 0 Å². The highest BCUT2D eigenvalue weighted by molar-refractivity contribution is 5.95. The lowest BCUT2D eigenvalue weighted by Gasteiger charge is -2.10. The minimum absolute atomic E-state index is 0.0143. The van der Waals surface area contributed by atoms with Gasteiger partial charge in [-0.05, 0) is 18.6 Å². The van der Waals surface area contributed by atoms with Crippen LogP contribution in [0.15, 0.2) is 12.1 Å². The van der Waals surface area contributed by atoms with Gasteiger partial charge in [0.25, 0.3) is 0 Å². The Kier molecular flexibility index (Phi) is 5.51. The number of hydrogen-bond acceptors (Lipinski definition) is 3. The summed E-state index contributed by atoms with van der Waals surface area (Å²) in [5.41, 5.74) is 5.13. The van der Waals surface area contributed by atoms with E-state index in [2.05, 4.69) is 0 Å². The molecule has 100 valence electrons. The molecule has 4 nitrogen and oxygen atoms in total. The average molecular weight is 258 g/mol. The number of hydrogen-bond donors (Lipinski definition) is 2. The van der Waals surface area contributed by atoms with Gasteiger partial charge in [0.05, 0.1) is 6.61 Å². The second-order valence-electron chi connectivity index (χ2n) is 3.64. The Morgan fingerprint density at radius 1 is 1.22 bits per heavy atom. The van der Waals surface area contributed by atoms with Gasteiger partial charge in [0.2, 0.25) is 0 Å². The van der Waals surface area contributed by atoms with Crippen LogP contribution in [0.3, 0.4) is 0 Å². The zero-order chi connectivity index (χ0) is 13.5. The van der Waals surface area contributed by atoms with Crippen molar-refractivity contribution in [3.05, 3.63) is 29.3 Å². The first kappa shape index (κ1) is 14.4. The molecule has 3 N–H and O–H groups in total. The molecular weight excluding hydrogens is 242 g/mol. The number of nitrogens with two attached hydrogens (primary N) is 1. The molecule has 0 atom stereocenters. The summed E-state index contributed by atoms with van der Waals surface area (Å²) in [7, 11) is 0. The molecule has 0 aliphatic heterocycles. The molecule has 1 rings (SSSR count). The Labute approximate surface area is 104 Å². The summed E-state index contributed by atoms with van der Waals surface area (Å²) in [4.78, 5) is 0. The van der Waals surface area contributed by atoms with Crippen LogP contribution in [0.1, 0.15) is 18.9 Å². The number of nitrogen functional groups attached to an aromatic ring is 1. The van der Waals surface area contributed by atoms with Crippen molar-refractivity contribution in [3.8, 4) is 5.75 Å². The van der Waals surface area contributed by atoms with Crippen LogP contribution in [-0.4, -0.2) is 25.7 Å². The van der Waals surface area contributed by atoms with Gasteiger partial charge in [0.1, 0.15) is 12.4 Å². The van der Waals surface area contributed by atoms with Crippen molar-refractivity contribution < 1.29 is 18.3 Å². The molecule has 6 heteroatoms. The zero-order valence-electron chi connectivity index (χ0n) is 10.1. The molecule has 0 aliphatic carbocycles. The van der Waals surface area contributed by atoms with Crippen molar-refractivity contribution in [1.29, 1.82) is 5.41 Å². The first-order chi connectivity index (χ1) is 8.56. The van der Waals surface area contributed by atoms with Crippen molar-refractivity contribution in [2.75, 3.05) is 19.8 Å². The van der Waals surface area contributed by atoms with Crippen molar-refractivity contribution in [2.24, 2.45) is 5.73 Å². The van der Waals surface area contributed by atoms with Crippen LogP contribution >= 0.6 is 0 Å². The molecule has 0 radical (unpaired) electrons. The highest BCUT2D eigenvalue weighted by Crippen LogP contribution is 2.23. The number of benzene rings is 1. The first-order valence-electron chi connectivity index (χ1n) is 5.60. The maximum atomic E-state index is 13.5. The van der Waals surface area contributed by atoms with E-state index >= 15 is 0 Å². The van der Waals surface area contributed by atoms with E-state index in [4.69, 9.17) is 20.6 Å². The third kappa shape index (κ3) is 3.96. The van der Waals surface area contributed by atoms with Gasteiger partial charge in [-0.2, -0.15) is 0 Å². The van der Waals surface area contributed by atoms with E-state index in [0.29, 0.717) is 6.61 Å². The third-order valence-corrected chi connectivity index (χ3v) is 2.13. The van der Waals surface area contributed by atoms with E-state index in [1.165, 1.54) is 0 Å². The molecule has 0 aromatic heterocycles. The maximum absolute atomic E-state index is 13.5. The second kappa shape index (κ2) is 6.90. The van der Waals surface area contributed by atoms with Crippen LogP contribution in [0.25, 0.3) is 0 Å². The Morgan fingerprint density at radius 2 is 1.83 bits per heavy atom. The fraction of sp³-hybridized carbons (Fsp3) is 0.417. The topological polar surface area (TPSA) is 68.3 Å². The van der Waals surface area contributed by atoms with Gasteiger partial charge in [0, 0.05) is 12.2 Å². The van der Waals surface area contributed by atoms with Crippen LogP contribution in [0, 0.1) is 17.0 Å². The average Bonchev–Trinajstić information content (AvgIpc) is 2.31. The fourth-order valence-corrected chi connectivity index (χ4v) is 1.30. The SMILES string of the molecule is CCCOCCOc1c(F)cc(C(=N)N)cc1F. The standard InChI is InChI=1S/C12H16F2N2O2/c1-2-3-17-4-5-18-11-9(13)6-8(12(15)16)7-10(11)14/h6-7H,2-5H2,1H3,(H3,15,16). The molecule has 0 amide bonds. The fourth-order valence-electron chi connectivity index (χ4n) is 1.30. The van der Waals surface area contributed by atoms with Gasteiger partial charge in [-0.1, -0.05) is 6.92 Å². The summed E-state index contributed by atoms with van der Waals surface area (Å²) in [6, 6.07) is 1.93. The van der Waals surface area contributed by atoms with Crippen molar-refractivity contribution in [2.45, 2.75) is 13.3 Å². The Morgan fingerprint density at radius 3 is 2.33 bits per heavy atom. The molecule has 0 heterocycles. The van der Waals surface area contributed by atoms with Crippen LogP contribution in [-0.2, 0) is 4.74 Å². The van der Waals surface area contributed by atoms with Gasteiger partial charge < -0.3 is 15.2 Å². The smallest absolute Gasteiger partial charge is 0.190 e. The highest BCUT2D eigenvalue weighted by Gasteiger charge is 2.13. The molecule has 1 aromatic rings. The van der Waals surface area contributed by atoms with Crippen LogP contribution in [0.4, 0.5) is 8.78 Å². The molecule has 0 saturated heterocycles. The lowest BCUT2D eigenvalue weighted by molar-refractivity contribution is 0.0975. The predicted molar refractivity (Wildman–Crippen MR) is 64.0 cm³/mol. The normalized spacial score (nSPS) is 10.4. The molecule has 0 aliphatic rings. The number of ether oxygens (including phenoxy) is 2. The van der Waals surface area contributed by atoms with Gasteiger partial charge >= 0.3 is 0 Å². The number of rotatable bonds is 7. The molecule has 18 heavy (non-hydrogen) atoms. The van der Waals surface area contributed by atoms with Crippen molar-refractivity contribution >= 4 is 5.84 Å². The lowest BCUT2D eigenvalue weighted by atomic mass is 10.2. The quantitative estimate of drug-likeness (QED) is 0.447. The monoisotopic (exact) mass is 258 g/mol. The van der Waals surface area contributed by atoms with Gasteiger partial charge in [-0.25, -0.2) is 8.78 Å². The summed E-state index contributed by atoms with van der Waals surface area (Å²) in [6.07, 6.45) is 0.871. The van der Waals surface area contributed by atoms with Gasteiger partial charge in [-0.15, -0.1) is 0 Å². The third-order valence-electron chi connectivity index (χ3n) is 2.13. The minimum Gasteiger partial charge on any atom is -0.485 e. The van der Waals surface area contributed by atoms with Crippen molar-refractivity contribution in [1.82, 2.24) is 0 Å². The summed E-state index contributed by atoms with van der Waals surface area (Å²) < 4.78 is 37.1. The van der Waals surface area contributed by atoms with E-state index in [1.807, 2.05) is 6.92 Å². The Bertz CT molecular complexity index is 402. The van der Waals surface area contributed by atoms with E-state index in [1.54, 1.807) is 0 Å². The predicted octanol–water partition coefficient (Wildman–Crippen LogP) is 2.05. The maximum Gasteiger partial charge on any atom is 0.190 e. The molecule has 0 saturated carbocycles. The molecule has 0 bridgehead atoms. The summed E-state index contributed by atoms with van der Waals surface area (Å²) in [5, 5.41) is 7.10. The number of nitrogens with one attached hydrogen (secondary N) is 1. The molecule has 0 spiro atoms. The van der Waals surface area contributed by atoms with Crippen LogP contribution in [0.5, 0.6) is 5.75 Å². The molecule has 1 aromatic carbocycles. The lowest BCUT2D eigenvalue weighted by Crippen LogP contribution is -2.13. The Balaban J connectivity index is 2.63. The van der Waals surface area contributed by atoms with E-state index in [0.717, 1.165) is 18.6 Å². The minimum atomic E-state index is -0.879. The molecule has 0 fully saturated rings. The zero-order valence-corrected chi connectivity index (χ0v) is 10.1. The summed E-state index contributed by atoms with van der Waals surface area (Å²) >= 11 is 0. The molecular formula is C12H16F2N2O2. The van der Waals surface area contributed by atoms with E-state index < -0.39 is 23.2 Å². The number of amidine groups is 1. The van der Waals surface area contributed by atoms with Crippen LogP contribution < -0.4 is 10.5 Å². The summed E-state index contributed by atoms with van der Waals surface area (Å²) in [6.45, 7) is 2.87.